The highest BCUT2D eigenvalue weighted by molar-refractivity contribution is 5.75. The zero-order valence-corrected chi connectivity index (χ0v) is 10.2. The fourth-order valence-electron chi connectivity index (χ4n) is 1.37. The molecule has 0 fully saturated rings. The summed E-state index contributed by atoms with van der Waals surface area (Å²) in [5.74, 6) is 0.0666. The topological polar surface area (TPSA) is 96.4 Å². The van der Waals surface area contributed by atoms with Crippen molar-refractivity contribution in [1.82, 2.24) is 15.5 Å². The fourth-order valence-corrected chi connectivity index (χ4v) is 1.37. The molecule has 0 heterocycles. The van der Waals surface area contributed by atoms with Crippen molar-refractivity contribution < 1.29 is 4.79 Å². The molecule has 0 aliphatic carbocycles. The standard InChI is InChI=1S/C10H25N5O/c1-13-10(16)2-7-15(8-4-12)9-6-14-5-3-11/h14H,2-9,11-12H2,1H3,(H,13,16). The lowest BCUT2D eigenvalue weighted by molar-refractivity contribution is -0.120. The molecule has 96 valence electrons. The van der Waals surface area contributed by atoms with Crippen LogP contribution in [0.15, 0.2) is 0 Å². The number of hydrogen-bond acceptors (Lipinski definition) is 5. The van der Waals surface area contributed by atoms with Gasteiger partial charge in [0.15, 0.2) is 0 Å². The van der Waals surface area contributed by atoms with Crippen LogP contribution in [0.4, 0.5) is 0 Å². The van der Waals surface area contributed by atoms with Crippen LogP contribution >= 0.6 is 0 Å². The van der Waals surface area contributed by atoms with E-state index < -0.39 is 0 Å². The third-order valence-electron chi connectivity index (χ3n) is 2.31. The molecule has 0 aromatic heterocycles. The van der Waals surface area contributed by atoms with Crippen molar-refractivity contribution in [3.63, 3.8) is 0 Å². The molecule has 6 heteroatoms. The Labute approximate surface area is 97.7 Å². The molecule has 0 spiro atoms. The van der Waals surface area contributed by atoms with E-state index in [0.29, 0.717) is 19.5 Å². The van der Waals surface area contributed by atoms with Gasteiger partial charge in [-0.15, -0.1) is 0 Å². The molecule has 1 amide bonds. The lowest BCUT2D eigenvalue weighted by Crippen LogP contribution is -2.38. The first-order chi connectivity index (χ1) is 7.74. The molecular formula is C10H25N5O. The Hall–Kier alpha value is -0.690. The van der Waals surface area contributed by atoms with E-state index in [1.807, 2.05) is 0 Å². The van der Waals surface area contributed by atoms with E-state index in [0.717, 1.165) is 32.7 Å². The summed E-state index contributed by atoms with van der Waals surface area (Å²) in [6, 6.07) is 0. The first-order valence-electron chi connectivity index (χ1n) is 5.78. The van der Waals surface area contributed by atoms with Crippen LogP contribution < -0.4 is 22.1 Å². The number of nitrogens with two attached hydrogens (primary N) is 2. The number of hydrogen-bond donors (Lipinski definition) is 4. The Morgan fingerprint density at radius 3 is 2.44 bits per heavy atom. The summed E-state index contributed by atoms with van der Waals surface area (Å²) in [5.41, 5.74) is 10.9. The van der Waals surface area contributed by atoms with Crippen LogP contribution in [0.1, 0.15) is 6.42 Å². The van der Waals surface area contributed by atoms with Gasteiger partial charge in [-0.2, -0.15) is 0 Å². The zero-order chi connectivity index (χ0) is 12.2. The molecule has 0 atom stereocenters. The summed E-state index contributed by atoms with van der Waals surface area (Å²) in [6.45, 7) is 5.44. The van der Waals surface area contributed by atoms with Crippen molar-refractivity contribution in [3.8, 4) is 0 Å². The first-order valence-corrected chi connectivity index (χ1v) is 5.78. The largest absolute Gasteiger partial charge is 0.359 e. The van der Waals surface area contributed by atoms with Gasteiger partial charge in [-0.05, 0) is 0 Å². The summed E-state index contributed by atoms with van der Waals surface area (Å²) >= 11 is 0. The van der Waals surface area contributed by atoms with Crippen LogP contribution in [0.25, 0.3) is 0 Å². The van der Waals surface area contributed by atoms with Gasteiger partial charge in [0.2, 0.25) is 5.91 Å². The maximum atomic E-state index is 11.1. The third-order valence-corrected chi connectivity index (χ3v) is 2.31. The molecule has 0 unspecified atom stereocenters. The molecular weight excluding hydrogens is 206 g/mol. The van der Waals surface area contributed by atoms with Gasteiger partial charge < -0.3 is 27.0 Å². The highest BCUT2D eigenvalue weighted by Crippen LogP contribution is 1.90. The van der Waals surface area contributed by atoms with E-state index in [-0.39, 0.29) is 5.91 Å². The van der Waals surface area contributed by atoms with Crippen LogP contribution in [0.5, 0.6) is 0 Å². The molecule has 6 nitrogen and oxygen atoms in total. The maximum absolute atomic E-state index is 11.1. The van der Waals surface area contributed by atoms with Gasteiger partial charge >= 0.3 is 0 Å². The molecule has 16 heavy (non-hydrogen) atoms. The van der Waals surface area contributed by atoms with Gasteiger partial charge in [0.1, 0.15) is 0 Å². The normalized spacial score (nSPS) is 10.8. The van der Waals surface area contributed by atoms with Crippen molar-refractivity contribution in [2.24, 2.45) is 11.5 Å². The molecule has 0 aromatic carbocycles. The van der Waals surface area contributed by atoms with Gasteiger partial charge in [-0.1, -0.05) is 0 Å². The summed E-state index contributed by atoms with van der Waals surface area (Å²) in [6.07, 6.45) is 0.521. The van der Waals surface area contributed by atoms with Crippen LogP contribution in [-0.2, 0) is 4.79 Å². The van der Waals surface area contributed by atoms with E-state index in [9.17, 15) is 4.79 Å². The summed E-state index contributed by atoms with van der Waals surface area (Å²) < 4.78 is 0. The highest BCUT2D eigenvalue weighted by Gasteiger charge is 2.05. The minimum atomic E-state index is 0.0666. The van der Waals surface area contributed by atoms with Crippen molar-refractivity contribution in [2.75, 3.05) is 52.9 Å². The smallest absolute Gasteiger partial charge is 0.221 e. The zero-order valence-electron chi connectivity index (χ0n) is 10.2. The minimum absolute atomic E-state index is 0.0666. The van der Waals surface area contributed by atoms with E-state index in [2.05, 4.69) is 15.5 Å². The van der Waals surface area contributed by atoms with Crippen molar-refractivity contribution in [2.45, 2.75) is 6.42 Å². The van der Waals surface area contributed by atoms with Crippen LogP contribution in [0.3, 0.4) is 0 Å². The second-order valence-corrected chi connectivity index (χ2v) is 3.59. The van der Waals surface area contributed by atoms with E-state index in [1.165, 1.54) is 0 Å². The molecule has 0 aromatic rings. The lowest BCUT2D eigenvalue weighted by atomic mass is 10.3. The van der Waals surface area contributed by atoms with E-state index >= 15 is 0 Å². The summed E-state index contributed by atoms with van der Waals surface area (Å²) in [7, 11) is 1.65. The molecule has 0 aliphatic heterocycles. The van der Waals surface area contributed by atoms with Crippen molar-refractivity contribution in [3.05, 3.63) is 0 Å². The van der Waals surface area contributed by atoms with Gasteiger partial charge in [-0.3, -0.25) is 4.79 Å². The average Bonchev–Trinajstić information content (AvgIpc) is 2.30. The molecule has 6 N–H and O–H groups in total. The number of rotatable bonds is 10. The lowest BCUT2D eigenvalue weighted by Gasteiger charge is -2.21. The van der Waals surface area contributed by atoms with Crippen molar-refractivity contribution in [1.29, 1.82) is 0 Å². The van der Waals surface area contributed by atoms with Crippen LogP contribution in [0.2, 0.25) is 0 Å². The molecule has 0 saturated heterocycles. The Balaban J connectivity index is 3.65. The number of amides is 1. The predicted octanol–water partition coefficient (Wildman–Crippen LogP) is -2.07. The third kappa shape index (κ3) is 8.60. The fraction of sp³-hybridized carbons (Fsp3) is 0.900. The van der Waals surface area contributed by atoms with Crippen LogP contribution in [-0.4, -0.2) is 63.7 Å². The monoisotopic (exact) mass is 231 g/mol. The van der Waals surface area contributed by atoms with Gasteiger partial charge in [0, 0.05) is 59.3 Å². The van der Waals surface area contributed by atoms with Crippen LogP contribution in [0, 0.1) is 0 Å². The number of carbonyl (C=O) groups excluding carboxylic acids is 1. The second kappa shape index (κ2) is 10.8. The number of carbonyl (C=O) groups is 1. The molecule has 0 saturated carbocycles. The molecule has 0 rings (SSSR count). The Bertz CT molecular complexity index is 177. The summed E-state index contributed by atoms with van der Waals surface area (Å²) in [4.78, 5) is 13.3. The Morgan fingerprint density at radius 2 is 1.88 bits per heavy atom. The quantitative estimate of drug-likeness (QED) is 0.324. The average molecular weight is 231 g/mol. The van der Waals surface area contributed by atoms with Gasteiger partial charge in [0.25, 0.3) is 0 Å². The Kier molecular flexibility index (Phi) is 10.3. The molecule has 0 aliphatic rings. The summed E-state index contributed by atoms with van der Waals surface area (Å²) in [5, 5.41) is 5.83. The predicted molar refractivity (Wildman–Crippen MR) is 66.1 cm³/mol. The SMILES string of the molecule is CNC(=O)CCN(CCN)CCNCCN. The van der Waals surface area contributed by atoms with Crippen molar-refractivity contribution >= 4 is 5.91 Å². The minimum Gasteiger partial charge on any atom is -0.359 e. The van der Waals surface area contributed by atoms with Gasteiger partial charge in [0.05, 0.1) is 0 Å². The molecule has 0 bridgehead atoms. The highest BCUT2D eigenvalue weighted by atomic mass is 16.1. The van der Waals surface area contributed by atoms with E-state index in [1.54, 1.807) is 7.05 Å². The Morgan fingerprint density at radius 1 is 1.12 bits per heavy atom. The van der Waals surface area contributed by atoms with Gasteiger partial charge in [-0.25, -0.2) is 0 Å². The number of nitrogens with zero attached hydrogens (tertiary/aromatic N) is 1. The second-order valence-electron chi connectivity index (χ2n) is 3.59. The first kappa shape index (κ1) is 15.3. The number of nitrogens with one attached hydrogen (secondary N) is 2. The molecule has 0 radical (unpaired) electrons. The maximum Gasteiger partial charge on any atom is 0.221 e. The van der Waals surface area contributed by atoms with E-state index in [4.69, 9.17) is 11.5 Å².